The molecule has 0 aliphatic rings. The van der Waals surface area contributed by atoms with Crippen LogP contribution in [-0.2, 0) is 18.1 Å². The molecular weight excluding hydrogens is 503 g/mol. The monoisotopic (exact) mass is 537 g/mol. The molecule has 0 radical (unpaired) electrons. The van der Waals surface area contributed by atoms with Crippen LogP contribution in [-0.4, -0.2) is 44.7 Å². The van der Waals surface area contributed by atoms with Gasteiger partial charge >= 0.3 is 6.18 Å². The highest BCUT2D eigenvalue weighted by Gasteiger charge is 2.34. The van der Waals surface area contributed by atoms with Crippen LogP contribution in [0.25, 0.3) is 22.2 Å². The number of anilines is 2. The number of hydrogen-bond donors (Lipinski definition) is 2. The standard InChI is InChI=1S/C30H34F3N5O/c1-5-15-38(16-17-39)19-26-36-25-18-20(27-24(30(31,32)33)7-6-14-34-27)8-13-23(25)28(37-26)35-22-11-9-21(10-12-22)29(2,3)4/h6-14,18,39H,5,15-17,19H2,1-4H3,(H,35,36,37). The number of fused-ring (bicyclic) bond motifs is 1. The fourth-order valence-electron chi connectivity index (χ4n) is 4.47. The summed E-state index contributed by atoms with van der Waals surface area (Å²) >= 11 is 0. The fourth-order valence-corrected chi connectivity index (χ4v) is 4.47. The molecule has 0 fully saturated rings. The molecule has 0 aliphatic carbocycles. The third-order valence-corrected chi connectivity index (χ3v) is 6.46. The molecule has 2 heterocycles. The Bertz CT molecular complexity index is 1410. The molecule has 0 amide bonds. The van der Waals surface area contributed by atoms with Gasteiger partial charge in [-0.25, -0.2) is 9.97 Å². The quantitative estimate of drug-likeness (QED) is 0.241. The van der Waals surface area contributed by atoms with Crippen LogP contribution >= 0.6 is 0 Å². The van der Waals surface area contributed by atoms with Gasteiger partial charge in [0.05, 0.1) is 29.9 Å². The second-order valence-electron chi connectivity index (χ2n) is 10.6. The normalized spacial score (nSPS) is 12.3. The Hall–Kier alpha value is -3.56. The van der Waals surface area contributed by atoms with Crippen molar-refractivity contribution in [2.75, 3.05) is 25.0 Å². The maximum absolute atomic E-state index is 13.7. The highest BCUT2D eigenvalue weighted by atomic mass is 19.4. The van der Waals surface area contributed by atoms with Crippen LogP contribution in [0.5, 0.6) is 0 Å². The van der Waals surface area contributed by atoms with Crippen LogP contribution < -0.4 is 5.32 Å². The van der Waals surface area contributed by atoms with Gasteiger partial charge in [-0.2, -0.15) is 13.2 Å². The number of halogens is 3. The first kappa shape index (κ1) is 28.4. The SMILES string of the molecule is CCCN(CCO)Cc1nc(Nc2ccc(C(C)(C)C)cc2)c2ccc(-c3ncccc3C(F)(F)F)cc2n1. The highest BCUT2D eigenvalue weighted by molar-refractivity contribution is 5.93. The minimum atomic E-state index is -4.54. The zero-order chi connectivity index (χ0) is 28.2. The number of hydrogen-bond acceptors (Lipinski definition) is 6. The molecule has 2 aromatic carbocycles. The fraction of sp³-hybridized carbons (Fsp3) is 0.367. The van der Waals surface area contributed by atoms with Crippen molar-refractivity contribution in [2.24, 2.45) is 0 Å². The molecule has 4 aromatic rings. The van der Waals surface area contributed by atoms with E-state index in [1.807, 2.05) is 17.0 Å². The van der Waals surface area contributed by atoms with Gasteiger partial charge in [0, 0.05) is 29.4 Å². The number of aliphatic hydroxyl groups excluding tert-OH is 1. The van der Waals surface area contributed by atoms with Crippen molar-refractivity contribution in [1.29, 1.82) is 0 Å². The number of rotatable bonds is 9. The van der Waals surface area contributed by atoms with E-state index in [0.717, 1.165) is 24.7 Å². The molecule has 0 unspecified atom stereocenters. The Kier molecular flexibility index (Phi) is 8.51. The number of aromatic nitrogens is 3. The summed E-state index contributed by atoms with van der Waals surface area (Å²) in [5.74, 6) is 1.06. The van der Waals surface area contributed by atoms with Crippen LogP contribution in [0.15, 0.2) is 60.8 Å². The number of aliphatic hydroxyl groups is 1. The van der Waals surface area contributed by atoms with Crippen molar-refractivity contribution >= 4 is 22.4 Å². The van der Waals surface area contributed by atoms with Crippen molar-refractivity contribution in [3.8, 4) is 11.3 Å². The average Bonchev–Trinajstić information content (AvgIpc) is 2.88. The second kappa shape index (κ2) is 11.7. The summed E-state index contributed by atoms with van der Waals surface area (Å²) in [5, 5.41) is 13.6. The molecule has 39 heavy (non-hydrogen) atoms. The van der Waals surface area contributed by atoms with Crippen molar-refractivity contribution < 1.29 is 18.3 Å². The van der Waals surface area contributed by atoms with Gasteiger partial charge in [0.2, 0.25) is 0 Å². The minimum Gasteiger partial charge on any atom is -0.395 e. The van der Waals surface area contributed by atoms with E-state index in [0.29, 0.717) is 41.2 Å². The number of alkyl halides is 3. The maximum atomic E-state index is 13.7. The zero-order valence-corrected chi connectivity index (χ0v) is 22.7. The summed E-state index contributed by atoms with van der Waals surface area (Å²) in [7, 11) is 0. The third-order valence-electron chi connectivity index (χ3n) is 6.46. The van der Waals surface area contributed by atoms with E-state index in [9.17, 15) is 18.3 Å². The maximum Gasteiger partial charge on any atom is 0.418 e. The second-order valence-corrected chi connectivity index (χ2v) is 10.6. The van der Waals surface area contributed by atoms with Crippen molar-refractivity contribution in [3.05, 3.63) is 77.7 Å². The summed E-state index contributed by atoms with van der Waals surface area (Å²) < 4.78 is 41.1. The minimum absolute atomic E-state index is 0.00284. The molecule has 9 heteroatoms. The van der Waals surface area contributed by atoms with E-state index in [-0.39, 0.29) is 17.7 Å². The van der Waals surface area contributed by atoms with Gasteiger partial charge in [-0.05, 0) is 60.3 Å². The Labute approximate surface area is 227 Å². The number of pyridine rings is 1. The van der Waals surface area contributed by atoms with Crippen LogP contribution in [0.3, 0.4) is 0 Å². The predicted octanol–water partition coefficient (Wildman–Crippen LogP) is 6.96. The first-order valence-electron chi connectivity index (χ1n) is 13.0. The van der Waals surface area contributed by atoms with E-state index in [2.05, 4.69) is 50.1 Å². The molecule has 0 bridgehead atoms. The molecule has 0 aliphatic heterocycles. The molecule has 0 spiro atoms. The van der Waals surface area contributed by atoms with E-state index in [1.54, 1.807) is 18.2 Å². The number of nitrogens with one attached hydrogen (secondary N) is 1. The van der Waals surface area contributed by atoms with Crippen molar-refractivity contribution in [1.82, 2.24) is 19.9 Å². The molecule has 2 aromatic heterocycles. The van der Waals surface area contributed by atoms with E-state index >= 15 is 0 Å². The van der Waals surface area contributed by atoms with Crippen LogP contribution in [0.2, 0.25) is 0 Å². The Morgan fingerprint density at radius 1 is 0.949 bits per heavy atom. The summed E-state index contributed by atoms with van der Waals surface area (Å²) in [4.78, 5) is 15.6. The molecule has 0 atom stereocenters. The van der Waals surface area contributed by atoms with Crippen LogP contribution in [0.1, 0.15) is 51.1 Å². The lowest BCUT2D eigenvalue weighted by molar-refractivity contribution is -0.137. The molecule has 4 rings (SSSR count). The van der Waals surface area contributed by atoms with E-state index < -0.39 is 11.7 Å². The summed E-state index contributed by atoms with van der Waals surface area (Å²) in [6, 6.07) is 15.4. The molecule has 0 saturated heterocycles. The van der Waals surface area contributed by atoms with Gasteiger partial charge in [0.1, 0.15) is 11.6 Å². The van der Waals surface area contributed by atoms with E-state index in [1.165, 1.54) is 17.8 Å². The van der Waals surface area contributed by atoms with Crippen molar-refractivity contribution in [3.63, 3.8) is 0 Å². The van der Waals surface area contributed by atoms with Gasteiger partial charge in [-0.3, -0.25) is 9.88 Å². The molecule has 6 nitrogen and oxygen atoms in total. The van der Waals surface area contributed by atoms with E-state index in [4.69, 9.17) is 9.97 Å². The number of nitrogens with zero attached hydrogens (tertiary/aromatic N) is 4. The van der Waals surface area contributed by atoms with Gasteiger partial charge in [-0.1, -0.05) is 45.9 Å². The Morgan fingerprint density at radius 3 is 2.33 bits per heavy atom. The lowest BCUT2D eigenvalue weighted by Crippen LogP contribution is -2.28. The largest absolute Gasteiger partial charge is 0.418 e. The van der Waals surface area contributed by atoms with Crippen molar-refractivity contribution in [2.45, 2.75) is 52.3 Å². The van der Waals surface area contributed by atoms with Crippen LogP contribution in [0, 0.1) is 0 Å². The predicted molar refractivity (Wildman–Crippen MR) is 149 cm³/mol. The Morgan fingerprint density at radius 2 is 1.69 bits per heavy atom. The highest BCUT2D eigenvalue weighted by Crippen LogP contribution is 2.37. The van der Waals surface area contributed by atoms with Gasteiger partial charge in [0.15, 0.2) is 0 Å². The first-order chi connectivity index (χ1) is 18.5. The molecule has 0 saturated carbocycles. The summed E-state index contributed by atoms with van der Waals surface area (Å²) in [6.45, 7) is 10.1. The number of benzene rings is 2. The van der Waals surface area contributed by atoms with Gasteiger partial charge < -0.3 is 10.4 Å². The van der Waals surface area contributed by atoms with Gasteiger partial charge in [-0.15, -0.1) is 0 Å². The lowest BCUT2D eigenvalue weighted by atomic mass is 9.87. The molecule has 2 N–H and O–H groups in total. The molecular formula is C30H34F3N5O. The van der Waals surface area contributed by atoms with Crippen LogP contribution in [0.4, 0.5) is 24.7 Å². The lowest BCUT2D eigenvalue weighted by Gasteiger charge is -2.21. The summed E-state index contributed by atoms with van der Waals surface area (Å²) in [6.07, 6.45) is -2.29. The smallest absolute Gasteiger partial charge is 0.395 e. The Balaban J connectivity index is 1.80. The topological polar surface area (TPSA) is 74.2 Å². The van der Waals surface area contributed by atoms with Gasteiger partial charge in [0.25, 0.3) is 0 Å². The zero-order valence-electron chi connectivity index (χ0n) is 22.7. The molecule has 206 valence electrons. The average molecular weight is 538 g/mol. The summed E-state index contributed by atoms with van der Waals surface area (Å²) in [5.41, 5.74) is 1.93. The first-order valence-corrected chi connectivity index (χ1v) is 13.0. The third kappa shape index (κ3) is 6.91.